The van der Waals surface area contributed by atoms with E-state index in [1.807, 2.05) is 55.5 Å². The molecule has 0 radical (unpaired) electrons. The third kappa shape index (κ3) is 4.66. The molecule has 0 bridgehead atoms. The van der Waals surface area contributed by atoms with Gasteiger partial charge in [0.15, 0.2) is 5.16 Å². The molecule has 8 heteroatoms. The Kier molecular flexibility index (Phi) is 6.82. The van der Waals surface area contributed by atoms with Crippen molar-refractivity contribution in [3.8, 4) is 0 Å². The van der Waals surface area contributed by atoms with Gasteiger partial charge in [-0.15, -0.1) is 0 Å². The molecular formula is C24H24N4O3S. The van der Waals surface area contributed by atoms with E-state index in [4.69, 9.17) is 4.74 Å². The Morgan fingerprint density at radius 2 is 1.88 bits per heavy atom. The van der Waals surface area contributed by atoms with Crippen LogP contribution in [0.2, 0.25) is 0 Å². The van der Waals surface area contributed by atoms with E-state index in [2.05, 4.69) is 15.3 Å². The number of carbonyl (C=O) groups is 1. The van der Waals surface area contributed by atoms with Gasteiger partial charge in [-0.3, -0.25) is 19.1 Å². The first kappa shape index (κ1) is 22.0. The summed E-state index contributed by atoms with van der Waals surface area (Å²) in [5.41, 5.74) is 2.03. The molecule has 2 heterocycles. The van der Waals surface area contributed by atoms with Gasteiger partial charge in [-0.25, -0.2) is 4.98 Å². The van der Waals surface area contributed by atoms with Crippen LogP contribution in [-0.2, 0) is 16.1 Å². The molecule has 0 saturated carbocycles. The van der Waals surface area contributed by atoms with E-state index in [-0.39, 0.29) is 11.5 Å². The molecule has 1 atom stereocenters. The lowest BCUT2D eigenvalue weighted by Crippen LogP contribution is -2.27. The van der Waals surface area contributed by atoms with Crippen molar-refractivity contribution in [2.24, 2.45) is 0 Å². The maximum Gasteiger partial charge on any atom is 0.262 e. The third-order valence-electron chi connectivity index (χ3n) is 5.11. The molecular weight excluding hydrogens is 424 g/mol. The molecule has 0 fully saturated rings. The second kappa shape index (κ2) is 9.93. The minimum absolute atomic E-state index is 0.109. The van der Waals surface area contributed by atoms with Crippen LogP contribution in [0.5, 0.6) is 0 Å². The average molecular weight is 449 g/mol. The maximum absolute atomic E-state index is 13.1. The molecule has 2 aromatic heterocycles. The van der Waals surface area contributed by atoms with E-state index < -0.39 is 5.25 Å². The molecule has 0 aliphatic carbocycles. The Bertz CT molecular complexity index is 1320. The highest BCUT2D eigenvalue weighted by molar-refractivity contribution is 8.00. The van der Waals surface area contributed by atoms with Crippen molar-refractivity contribution in [3.63, 3.8) is 0 Å². The Morgan fingerprint density at radius 3 is 2.72 bits per heavy atom. The van der Waals surface area contributed by atoms with Gasteiger partial charge in [0, 0.05) is 31.8 Å². The van der Waals surface area contributed by atoms with Gasteiger partial charge in [0.05, 0.1) is 27.4 Å². The number of carbonyl (C=O) groups excluding carboxylic acids is 1. The fraction of sp³-hybridized carbons (Fsp3) is 0.250. The summed E-state index contributed by atoms with van der Waals surface area (Å²) < 4.78 is 6.78. The molecule has 164 valence electrons. The van der Waals surface area contributed by atoms with Crippen molar-refractivity contribution in [1.82, 2.24) is 14.5 Å². The standard InChI is InChI=1S/C24H24N4O3S/c1-16(22(29)26-20-12-5-11-19-17(20)9-6-13-25-19)32-24-27-21-10-4-3-8-18(21)23(30)28(24)14-7-15-31-2/h3-6,8-13,16H,7,14-15H2,1-2H3,(H,26,29). The van der Waals surface area contributed by atoms with E-state index in [9.17, 15) is 9.59 Å². The predicted molar refractivity (Wildman–Crippen MR) is 128 cm³/mol. The number of anilines is 1. The number of hydrogen-bond acceptors (Lipinski definition) is 6. The minimum atomic E-state index is -0.469. The third-order valence-corrected chi connectivity index (χ3v) is 6.20. The largest absolute Gasteiger partial charge is 0.385 e. The number of para-hydroxylation sites is 1. The molecule has 0 saturated heterocycles. The molecule has 7 nitrogen and oxygen atoms in total. The van der Waals surface area contributed by atoms with Gasteiger partial charge in [-0.05, 0) is 49.7 Å². The molecule has 0 aliphatic heterocycles. The van der Waals surface area contributed by atoms with Gasteiger partial charge in [0.2, 0.25) is 5.91 Å². The first-order chi connectivity index (χ1) is 15.6. The number of aromatic nitrogens is 3. The van der Waals surface area contributed by atoms with Gasteiger partial charge in [-0.2, -0.15) is 0 Å². The number of methoxy groups -OCH3 is 1. The van der Waals surface area contributed by atoms with Crippen LogP contribution >= 0.6 is 11.8 Å². The summed E-state index contributed by atoms with van der Waals surface area (Å²) in [6, 6.07) is 16.7. The van der Waals surface area contributed by atoms with Gasteiger partial charge in [-0.1, -0.05) is 30.0 Å². The van der Waals surface area contributed by atoms with Crippen LogP contribution in [0.1, 0.15) is 13.3 Å². The molecule has 0 aliphatic rings. The summed E-state index contributed by atoms with van der Waals surface area (Å²) in [7, 11) is 1.63. The number of thioether (sulfide) groups is 1. The fourth-order valence-electron chi connectivity index (χ4n) is 3.46. The molecule has 1 amide bonds. The average Bonchev–Trinajstić information content (AvgIpc) is 2.81. The van der Waals surface area contributed by atoms with Crippen molar-refractivity contribution >= 4 is 45.2 Å². The first-order valence-corrected chi connectivity index (χ1v) is 11.3. The zero-order chi connectivity index (χ0) is 22.5. The van der Waals surface area contributed by atoms with E-state index >= 15 is 0 Å². The number of nitrogens with one attached hydrogen (secondary N) is 1. The van der Waals surface area contributed by atoms with Crippen LogP contribution in [0, 0.1) is 0 Å². The van der Waals surface area contributed by atoms with Crippen LogP contribution < -0.4 is 10.9 Å². The lowest BCUT2D eigenvalue weighted by atomic mass is 10.2. The summed E-state index contributed by atoms with van der Waals surface area (Å²) >= 11 is 1.27. The molecule has 4 aromatic rings. The fourth-order valence-corrected chi connectivity index (χ4v) is 4.39. The van der Waals surface area contributed by atoms with Crippen molar-refractivity contribution in [1.29, 1.82) is 0 Å². The number of ether oxygens (including phenoxy) is 1. The van der Waals surface area contributed by atoms with E-state index in [1.165, 1.54) is 11.8 Å². The molecule has 2 aromatic carbocycles. The maximum atomic E-state index is 13.1. The Morgan fingerprint density at radius 1 is 1.09 bits per heavy atom. The molecule has 0 spiro atoms. The lowest BCUT2D eigenvalue weighted by molar-refractivity contribution is -0.115. The second-order valence-electron chi connectivity index (χ2n) is 7.34. The smallest absolute Gasteiger partial charge is 0.262 e. The number of pyridine rings is 1. The first-order valence-electron chi connectivity index (χ1n) is 10.4. The van der Waals surface area contributed by atoms with E-state index in [0.717, 1.165) is 10.9 Å². The zero-order valence-corrected chi connectivity index (χ0v) is 18.8. The highest BCUT2D eigenvalue weighted by atomic mass is 32.2. The SMILES string of the molecule is COCCCn1c(SC(C)C(=O)Nc2cccc3ncccc23)nc2ccccc2c1=O. The van der Waals surface area contributed by atoms with Crippen LogP contribution in [0.25, 0.3) is 21.8 Å². The van der Waals surface area contributed by atoms with Crippen molar-refractivity contribution < 1.29 is 9.53 Å². The summed E-state index contributed by atoms with van der Waals surface area (Å²) in [5.74, 6) is -0.169. The van der Waals surface area contributed by atoms with Crippen LogP contribution in [0.4, 0.5) is 5.69 Å². The second-order valence-corrected chi connectivity index (χ2v) is 8.65. The predicted octanol–water partition coefficient (Wildman–Crippen LogP) is 4.10. The van der Waals surface area contributed by atoms with Gasteiger partial charge in [0.25, 0.3) is 5.56 Å². The van der Waals surface area contributed by atoms with Gasteiger partial charge >= 0.3 is 0 Å². The zero-order valence-electron chi connectivity index (χ0n) is 17.9. The molecule has 1 unspecified atom stereocenters. The van der Waals surface area contributed by atoms with Crippen molar-refractivity contribution in [2.45, 2.75) is 30.3 Å². The van der Waals surface area contributed by atoms with Gasteiger partial charge < -0.3 is 10.1 Å². The Labute approximate surface area is 189 Å². The number of rotatable bonds is 8. The summed E-state index contributed by atoms with van der Waals surface area (Å²) in [6.45, 7) is 2.81. The van der Waals surface area contributed by atoms with Crippen LogP contribution in [0.15, 0.2) is 70.7 Å². The Balaban J connectivity index is 1.60. The highest BCUT2D eigenvalue weighted by Gasteiger charge is 2.20. The Hall–Kier alpha value is -3.23. The van der Waals surface area contributed by atoms with E-state index in [0.29, 0.717) is 41.3 Å². The van der Waals surface area contributed by atoms with Crippen molar-refractivity contribution in [3.05, 3.63) is 71.1 Å². The number of benzene rings is 2. The highest BCUT2D eigenvalue weighted by Crippen LogP contribution is 2.26. The number of nitrogens with zero attached hydrogens (tertiary/aromatic N) is 3. The number of hydrogen-bond donors (Lipinski definition) is 1. The minimum Gasteiger partial charge on any atom is -0.385 e. The molecule has 1 N–H and O–H groups in total. The van der Waals surface area contributed by atoms with Crippen LogP contribution in [-0.4, -0.2) is 39.4 Å². The monoisotopic (exact) mass is 448 g/mol. The van der Waals surface area contributed by atoms with Crippen molar-refractivity contribution in [2.75, 3.05) is 19.0 Å². The topological polar surface area (TPSA) is 86.1 Å². The normalized spacial score (nSPS) is 12.2. The number of amides is 1. The summed E-state index contributed by atoms with van der Waals surface area (Å²) in [5, 5.41) is 4.49. The summed E-state index contributed by atoms with van der Waals surface area (Å²) in [4.78, 5) is 35.1. The molecule has 32 heavy (non-hydrogen) atoms. The van der Waals surface area contributed by atoms with Crippen LogP contribution in [0.3, 0.4) is 0 Å². The van der Waals surface area contributed by atoms with E-state index in [1.54, 1.807) is 23.9 Å². The molecule has 4 rings (SSSR count). The lowest BCUT2D eigenvalue weighted by Gasteiger charge is -2.17. The quantitative estimate of drug-likeness (QED) is 0.248. The number of fused-ring (bicyclic) bond motifs is 2. The summed E-state index contributed by atoms with van der Waals surface area (Å²) in [6.07, 6.45) is 2.40. The van der Waals surface area contributed by atoms with Gasteiger partial charge in [0.1, 0.15) is 0 Å².